The zero-order valence-electron chi connectivity index (χ0n) is 8.77. The van der Waals surface area contributed by atoms with Gasteiger partial charge in [-0.3, -0.25) is 9.59 Å². The molecule has 0 fully saturated rings. The maximum atomic E-state index is 11.4. The standard InChI is InChI=1S/C9H14N2O3S/c1-7(9(13)14)15-6-8(12)11(2)5-3-4-10/h7H,3,5-6H2,1-2H3,(H,13,14). The lowest BCUT2D eigenvalue weighted by atomic mass is 10.4. The van der Waals surface area contributed by atoms with E-state index >= 15 is 0 Å². The van der Waals surface area contributed by atoms with Gasteiger partial charge in [-0.2, -0.15) is 5.26 Å². The normalized spacial score (nSPS) is 11.5. The third-order valence-electron chi connectivity index (χ3n) is 1.79. The summed E-state index contributed by atoms with van der Waals surface area (Å²) in [5.41, 5.74) is 0. The van der Waals surface area contributed by atoms with Gasteiger partial charge in [-0.15, -0.1) is 11.8 Å². The van der Waals surface area contributed by atoms with E-state index < -0.39 is 11.2 Å². The van der Waals surface area contributed by atoms with Gasteiger partial charge >= 0.3 is 5.97 Å². The number of nitrogens with zero attached hydrogens (tertiary/aromatic N) is 2. The molecule has 0 bridgehead atoms. The Labute approximate surface area is 93.1 Å². The summed E-state index contributed by atoms with van der Waals surface area (Å²) in [5.74, 6) is -0.939. The first kappa shape index (κ1) is 13.8. The highest BCUT2D eigenvalue weighted by molar-refractivity contribution is 8.01. The summed E-state index contributed by atoms with van der Waals surface area (Å²) in [7, 11) is 1.60. The number of rotatable bonds is 6. The first-order valence-electron chi connectivity index (χ1n) is 4.44. The van der Waals surface area contributed by atoms with Crippen LogP contribution in [0.3, 0.4) is 0 Å². The first-order chi connectivity index (χ1) is 6.99. The molecule has 0 spiro atoms. The van der Waals surface area contributed by atoms with Crippen molar-refractivity contribution >= 4 is 23.6 Å². The molecule has 1 unspecified atom stereocenters. The molecule has 0 saturated carbocycles. The Kier molecular flexibility index (Phi) is 6.54. The molecule has 0 aliphatic rings. The van der Waals surface area contributed by atoms with Crippen molar-refractivity contribution in [3.63, 3.8) is 0 Å². The fourth-order valence-corrected chi connectivity index (χ4v) is 1.48. The van der Waals surface area contributed by atoms with E-state index in [9.17, 15) is 9.59 Å². The Morgan fingerprint density at radius 1 is 1.60 bits per heavy atom. The van der Waals surface area contributed by atoms with E-state index in [-0.39, 0.29) is 11.7 Å². The smallest absolute Gasteiger partial charge is 0.316 e. The number of hydrogen-bond acceptors (Lipinski definition) is 4. The van der Waals surface area contributed by atoms with E-state index in [0.717, 1.165) is 11.8 Å². The molecule has 1 amide bonds. The van der Waals surface area contributed by atoms with Crippen LogP contribution < -0.4 is 0 Å². The summed E-state index contributed by atoms with van der Waals surface area (Å²) >= 11 is 1.08. The minimum atomic E-state index is -0.924. The molecule has 0 saturated heterocycles. The molecule has 84 valence electrons. The third-order valence-corrected chi connectivity index (χ3v) is 2.90. The van der Waals surface area contributed by atoms with Gasteiger partial charge in [0.1, 0.15) is 0 Å². The Morgan fingerprint density at radius 2 is 2.20 bits per heavy atom. The fourth-order valence-electron chi connectivity index (χ4n) is 0.720. The van der Waals surface area contributed by atoms with Crippen LogP contribution in [0.1, 0.15) is 13.3 Å². The van der Waals surface area contributed by atoms with E-state index in [1.165, 1.54) is 11.8 Å². The minimum absolute atomic E-state index is 0.134. The lowest BCUT2D eigenvalue weighted by molar-refractivity contribution is -0.136. The van der Waals surface area contributed by atoms with Crippen molar-refractivity contribution < 1.29 is 14.7 Å². The molecule has 5 nitrogen and oxygen atoms in total. The van der Waals surface area contributed by atoms with E-state index in [4.69, 9.17) is 10.4 Å². The lowest BCUT2D eigenvalue weighted by Gasteiger charge is -2.15. The summed E-state index contributed by atoms with van der Waals surface area (Å²) in [6.07, 6.45) is 0.293. The van der Waals surface area contributed by atoms with Crippen molar-refractivity contribution in [3.8, 4) is 6.07 Å². The highest BCUT2D eigenvalue weighted by Crippen LogP contribution is 2.10. The predicted octanol–water partition coefficient (Wildman–Crippen LogP) is 0.565. The average Bonchev–Trinajstić information content (AvgIpc) is 2.21. The van der Waals surface area contributed by atoms with Crippen molar-refractivity contribution in [3.05, 3.63) is 0 Å². The third kappa shape index (κ3) is 5.96. The first-order valence-corrected chi connectivity index (χ1v) is 5.49. The maximum absolute atomic E-state index is 11.4. The molecular formula is C9H14N2O3S. The molecule has 0 aromatic rings. The number of nitriles is 1. The molecule has 1 N–H and O–H groups in total. The Balaban J connectivity index is 3.83. The van der Waals surface area contributed by atoms with Crippen LogP contribution in [0.4, 0.5) is 0 Å². The van der Waals surface area contributed by atoms with Crippen LogP contribution in [-0.4, -0.2) is 46.5 Å². The molecule has 0 aromatic carbocycles. The number of carbonyl (C=O) groups excluding carboxylic acids is 1. The van der Waals surface area contributed by atoms with Crippen LogP contribution in [0.2, 0.25) is 0 Å². The SMILES string of the molecule is CC(SCC(=O)N(C)CCC#N)C(=O)O. The van der Waals surface area contributed by atoms with Gasteiger partial charge < -0.3 is 10.0 Å². The molecule has 0 heterocycles. The van der Waals surface area contributed by atoms with Gasteiger partial charge in [0.2, 0.25) is 5.91 Å². The Hall–Kier alpha value is -1.22. The van der Waals surface area contributed by atoms with Crippen LogP contribution in [-0.2, 0) is 9.59 Å². The highest BCUT2D eigenvalue weighted by Gasteiger charge is 2.15. The molecule has 0 aliphatic carbocycles. The molecule has 1 atom stereocenters. The van der Waals surface area contributed by atoms with Crippen LogP contribution in [0.25, 0.3) is 0 Å². The summed E-state index contributed by atoms with van der Waals surface area (Å²) < 4.78 is 0. The fraction of sp³-hybridized carbons (Fsp3) is 0.667. The van der Waals surface area contributed by atoms with Crippen LogP contribution in [0.15, 0.2) is 0 Å². The van der Waals surface area contributed by atoms with Crippen molar-refractivity contribution in [1.82, 2.24) is 4.90 Å². The van der Waals surface area contributed by atoms with Gasteiger partial charge in [0.25, 0.3) is 0 Å². The van der Waals surface area contributed by atoms with E-state index in [1.807, 2.05) is 6.07 Å². The molecule has 0 rings (SSSR count). The topological polar surface area (TPSA) is 81.4 Å². The second-order valence-electron chi connectivity index (χ2n) is 3.01. The maximum Gasteiger partial charge on any atom is 0.316 e. The van der Waals surface area contributed by atoms with Crippen molar-refractivity contribution in [2.45, 2.75) is 18.6 Å². The number of carboxylic acid groups (broad SMARTS) is 1. The molecule has 0 radical (unpaired) electrons. The minimum Gasteiger partial charge on any atom is -0.480 e. The summed E-state index contributed by atoms with van der Waals surface area (Å²) in [6, 6.07) is 1.94. The van der Waals surface area contributed by atoms with E-state index in [1.54, 1.807) is 7.05 Å². The number of carboxylic acids is 1. The second-order valence-corrected chi connectivity index (χ2v) is 4.34. The van der Waals surface area contributed by atoms with Gasteiger partial charge in [0.05, 0.1) is 23.5 Å². The summed E-state index contributed by atoms with van der Waals surface area (Å²) in [5, 5.41) is 16.3. The van der Waals surface area contributed by atoms with Gasteiger partial charge in [-0.25, -0.2) is 0 Å². The zero-order chi connectivity index (χ0) is 11.8. The largest absolute Gasteiger partial charge is 0.480 e. The zero-order valence-corrected chi connectivity index (χ0v) is 9.58. The molecule has 6 heteroatoms. The summed E-state index contributed by atoms with van der Waals surface area (Å²) in [4.78, 5) is 23.3. The summed E-state index contributed by atoms with van der Waals surface area (Å²) in [6.45, 7) is 1.92. The van der Waals surface area contributed by atoms with E-state index in [0.29, 0.717) is 13.0 Å². The average molecular weight is 230 g/mol. The second kappa shape index (κ2) is 7.12. The van der Waals surface area contributed by atoms with Crippen molar-refractivity contribution in [1.29, 1.82) is 5.26 Å². The van der Waals surface area contributed by atoms with Crippen molar-refractivity contribution in [2.24, 2.45) is 0 Å². The molecule has 0 aromatic heterocycles. The van der Waals surface area contributed by atoms with Gasteiger partial charge in [-0.05, 0) is 6.92 Å². The Morgan fingerprint density at radius 3 is 2.67 bits per heavy atom. The van der Waals surface area contributed by atoms with Gasteiger partial charge in [-0.1, -0.05) is 0 Å². The van der Waals surface area contributed by atoms with Crippen LogP contribution in [0, 0.1) is 11.3 Å². The van der Waals surface area contributed by atoms with Gasteiger partial charge in [0.15, 0.2) is 0 Å². The molecule has 15 heavy (non-hydrogen) atoms. The number of carbonyl (C=O) groups is 2. The quantitative estimate of drug-likeness (QED) is 0.721. The highest BCUT2D eigenvalue weighted by atomic mass is 32.2. The number of hydrogen-bond donors (Lipinski definition) is 1. The predicted molar refractivity (Wildman–Crippen MR) is 57.4 cm³/mol. The molecular weight excluding hydrogens is 216 g/mol. The number of thioether (sulfide) groups is 1. The lowest BCUT2D eigenvalue weighted by Crippen LogP contribution is -2.30. The number of amides is 1. The molecule has 0 aliphatic heterocycles. The monoisotopic (exact) mass is 230 g/mol. The van der Waals surface area contributed by atoms with E-state index in [2.05, 4.69) is 0 Å². The van der Waals surface area contributed by atoms with Crippen LogP contribution >= 0.6 is 11.8 Å². The van der Waals surface area contributed by atoms with Gasteiger partial charge in [0, 0.05) is 13.6 Å². The Bertz CT molecular complexity index is 275. The van der Waals surface area contributed by atoms with Crippen LogP contribution in [0.5, 0.6) is 0 Å². The number of aliphatic carboxylic acids is 1. The van der Waals surface area contributed by atoms with Crippen molar-refractivity contribution in [2.75, 3.05) is 19.3 Å².